The van der Waals surface area contributed by atoms with Crippen molar-refractivity contribution < 1.29 is 19.0 Å². The minimum atomic E-state index is -0.704. The molecule has 8 nitrogen and oxygen atoms in total. The van der Waals surface area contributed by atoms with Crippen molar-refractivity contribution in [2.75, 3.05) is 6.61 Å². The van der Waals surface area contributed by atoms with Gasteiger partial charge in [0.05, 0.1) is 11.5 Å². The molecule has 20 heavy (non-hydrogen) atoms. The van der Waals surface area contributed by atoms with Gasteiger partial charge in [0, 0.05) is 17.7 Å². The third-order valence-electron chi connectivity index (χ3n) is 2.40. The molecule has 0 unspecified atom stereocenters. The van der Waals surface area contributed by atoms with E-state index in [1.165, 1.54) is 12.1 Å². The molecule has 0 spiro atoms. The molecule has 1 heterocycles. The van der Waals surface area contributed by atoms with Crippen LogP contribution in [-0.4, -0.2) is 27.6 Å². The summed E-state index contributed by atoms with van der Waals surface area (Å²) < 4.78 is 9.65. The Balaban J connectivity index is 2.37. The Morgan fingerprint density at radius 3 is 2.85 bits per heavy atom. The van der Waals surface area contributed by atoms with Crippen LogP contribution in [0.2, 0.25) is 0 Å². The van der Waals surface area contributed by atoms with Gasteiger partial charge in [0.25, 0.3) is 17.4 Å². The number of rotatable bonds is 4. The minimum Gasteiger partial charge on any atom is -0.460 e. The van der Waals surface area contributed by atoms with Crippen molar-refractivity contribution in [2.45, 2.75) is 13.8 Å². The summed E-state index contributed by atoms with van der Waals surface area (Å²) in [7, 11) is 0. The van der Waals surface area contributed by atoms with Crippen LogP contribution in [0, 0.1) is 17.0 Å². The Labute approximate surface area is 113 Å². The fraction of sp³-hybridized carbons (Fsp3) is 0.250. The average molecular weight is 277 g/mol. The van der Waals surface area contributed by atoms with E-state index < -0.39 is 10.9 Å². The third-order valence-corrected chi connectivity index (χ3v) is 2.40. The van der Waals surface area contributed by atoms with Gasteiger partial charge in [0.15, 0.2) is 0 Å². The van der Waals surface area contributed by atoms with Gasteiger partial charge in [-0.1, -0.05) is 0 Å². The predicted octanol–water partition coefficient (Wildman–Crippen LogP) is 2.13. The lowest BCUT2D eigenvalue weighted by Gasteiger charge is -1.98. The third kappa shape index (κ3) is 2.79. The predicted molar refractivity (Wildman–Crippen MR) is 67.1 cm³/mol. The summed E-state index contributed by atoms with van der Waals surface area (Å²) in [5, 5.41) is 14.3. The molecule has 104 valence electrons. The van der Waals surface area contributed by atoms with Gasteiger partial charge in [-0.25, -0.2) is 4.79 Å². The van der Waals surface area contributed by atoms with E-state index >= 15 is 0 Å². The number of non-ortho nitro benzene ring substituents is 1. The molecule has 1 aromatic heterocycles. The summed E-state index contributed by atoms with van der Waals surface area (Å²) in [6, 6.07) is 4.37. The number of nitrogens with zero attached hydrogens (tertiary/aromatic N) is 3. The fourth-order valence-electron chi connectivity index (χ4n) is 1.61. The van der Waals surface area contributed by atoms with Crippen molar-refractivity contribution in [3.05, 3.63) is 39.7 Å². The molecule has 0 aliphatic heterocycles. The van der Waals surface area contributed by atoms with Crippen molar-refractivity contribution in [3.8, 4) is 11.5 Å². The SMILES string of the molecule is CCOC(=O)c1noc(-c2cc(C)cc([N+](=O)[O-])c2)n1. The Kier molecular flexibility index (Phi) is 3.74. The van der Waals surface area contributed by atoms with Crippen molar-refractivity contribution in [1.29, 1.82) is 0 Å². The number of ether oxygens (including phenoxy) is 1. The van der Waals surface area contributed by atoms with E-state index in [1.807, 2.05) is 0 Å². The molecule has 0 fully saturated rings. The highest BCUT2D eigenvalue weighted by Gasteiger charge is 2.18. The van der Waals surface area contributed by atoms with Gasteiger partial charge in [0.1, 0.15) is 0 Å². The van der Waals surface area contributed by atoms with Gasteiger partial charge < -0.3 is 9.26 Å². The lowest BCUT2D eigenvalue weighted by molar-refractivity contribution is -0.384. The zero-order valence-electron chi connectivity index (χ0n) is 10.8. The van der Waals surface area contributed by atoms with Crippen LogP contribution in [0.3, 0.4) is 0 Å². The quantitative estimate of drug-likeness (QED) is 0.478. The molecule has 2 rings (SSSR count). The standard InChI is InChI=1S/C12H11N3O5/c1-3-19-12(16)10-13-11(20-14-10)8-4-7(2)5-9(6-8)15(17)18/h4-6H,3H2,1-2H3. The molecule has 8 heteroatoms. The number of nitro groups is 1. The zero-order chi connectivity index (χ0) is 14.7. The molecule has 0 aliphatic rings. The largest absolute Gasteiger partial charge is 0.460 e. The van der Waals surface area contributed by atoms with Gasteiger partial charge in [-0.2, -0.15) is 4.98 Å². The van der Waals surface area contributed by atoms with Crippen LogP contribution in [0.1, 0.15) is 23.1 Å². The van der Waals surface area contributed by atoms with Crippen molar-refractivity contribution >= 4 is 11.7 Å². The normalized spacial score (nSPS) is 10.3. The lowest BCUT2D eigenvalue weighted by Crippen LogP contribution is -2.06. The molecule has 0 amide bonds. The Morgan fingerprint density at radius 1 is 1.45 bits per heavy atom. The maximum Gasteiger partial charge on any atom is 0.379 e. The summed E-state index contributed by atoms with van der Waals surface area (Å²) in [6.07, 6.45) is 0. The molecule has 0 aliphatic carbocycles. The molecule has 0 radical (unpaired) electrons. The van der Waals surface area contributed by atoms with Crippen LogP contribution in [-0.2, 0) is 4.74 Å². The van der Waals surface area contributed by atoms with Crippen molar-refractivity contribution in [1.82, 2.24) is 10.1 Å². The molecular formula is C12H11N3O5. The van der Waals surface area contributed by atoms with E-state index in [9.17, 15) is 14.9 Å². The number of nitro benzene ring substituents is 1. The Bertz CT molecular complexity index is 665. The average Bonchev–Trinajstić information content (AvgIpc) is 2.88. The number of hydrogen-bond acceptors (Lipinski definition) is 7. The second-order valence-corrected chi connectivity index (χ2v) is 3.96. The van der Waals surface area contributed by atoms with Gasteiger partial charge in [0.2, 0.25) is 0 Å². The zero-order valence-corrected chi connectivity index (χ0v) is 10.8. The van der Waals surface area contributed by atoms with Crippen LogP contribution in [0.4, 0.5) is 5.69 Å². The van der Waals surface area contributed by atoms with E-state index in [0.29, 0.717) is 11.1 Å². The fourth-order valence-corrected chi connectivity index (χ4v) is 1.61. The number of aryl methyl sites for hydroxylation is 1. The van der Waals surface area contributed by atoms with Crippen LogP contribution >= 0.6 is 0 Å². The van der Waals surface area contributed by atoms with Crippen LogP contribution < -0.4 is 0 Å². The van der Waals surface area contributed by atoms with E-state index in [4.69, 9.17) is 9.26 Å². The summed E-state index contributed by atoms with van der Waals surface area (Å²) in [6.45, 7) is 3.56. The van der Waals surface area contributed by atoms with E-state index in [1.54, 1.807) is 19.9 Å². The topological polar surface area (TPSA) is 108 Å². The number of carbonyl (C=O) groups is 1. The number of esters is 1. The van der Waals surface area contributed by atoms with Gasteiger partial charge >= 0.3 is 5.97 Å². The molecule has 2 aromatic rings. The number of aromatic nitrogens is 2. The molecule has 0 saturated heterocycles. The first-order valence-corrected chi connectivity index (χ1v) is 5.78. The molecular weight excluding hydrogens is 266 g/mol. The maximum atomic E-state index is 11.4. The summed E-state index contributed by atoms with van der Waals surface area (Å²) in [4.78, 5) is 25.6. The van der Waals surface area contributed by atoms with E-state index in [0.717, 1.165) is 0 Å². The highest BCUT2D eigenvalue weighted by Crippen LogP contribution is 2.24. The molecule has 0 saturated carbocycles. The van der Waals surface area contributed by atoms with Crippen LogP contribution in [0.5, 0.6) is 0 Å². The smallest absolute Gasteiger partial charge is 0.379 e. The Morgan fingerprint density at radius 2 is 2.20 bits per heavy atom. The lowest BCUT2D eigenvalue weighted by atomic mass is 10.1. The first-order chi connectivity index (χ1) is 9.51. The Hall–Kier alpha value is -2.77. The molecule has 1 aromatic carbocycles. The van der Waals surface area contributed by atoms with E-state index in [2.05, 4.69) is 10.1 Å². The number of benzene rings is 1. The summed E-state index contributed by atoms with van der Waals surface area (Å²) in [5.41, 5.74) is 0.959. The molecule has 0 N–H and O–H groups in total. The first-order valence-electron chi connectivity index (χ1n) is 5.78. The van der Waals surface area contributed by atoms with Crippen LogP contribution in [0.25, 0.3) is 11.5 Å². The number of carbonyl (C=O) groups excluding carboxylic acids is 1. The second kappa shape index (κ2) is 5.47. The highest BCUT2D eigenvalue weighted by molar-refractivity contribution is 5.85. The van der Waals surface area contributed by atoms with Crippen molar-refractivity contribution in [3.63, 3.8) is 0 Å². The van der Waals surface area contributed by atoms with E-state index in [-0.39, 0.29) is 24.0 Å². The van der Waals surface area contributed by atoms with Gasteiger partial charge in [-0.15, -0.1) is 0 Å². The van der Waals surface area contributed by atoms with Crippen LogP contribution in [0.15, 0.2) is 22.7 Å². The summed E-state index contributed by atoms with van der Waals surface area (Å²) >= 11 is 0. The number of hydrogen-bond donors (Lipinski definition) is 0. The first kappa shape index (κ1) is 13.7. The minimum absolute atomic E-state index is 0.0276. The second-order valence-electron chi connectivity index (χ2n) is 3.96. The van der Waals surface area contributed by atoms with Gasteiger partial charge in [-0.05, 0) is 30.6 Å². The monoisotopic (exact) mass is 277 g/mol. The highest BCUT2D eigenvalue weighted by atomic mass is 16.6. The molecule has 0 atom stereocenters. The van der Waals surface area contributed by atoms with Gasteiger partial charge in [-0.3, -0.25) is 10.1 Å². The van der Waals surface area contributed by atoms with Crippen molar-refractivity contribution in [2.24, 2.45) is 0 Å². The summed E-state index contributed by atoms with van der Waals surface area (Å²) in [5.74, 6) is -0.893. The molecule has 0 bridgehead atoms. The maximum absolute atomic E-state index is 11.4.